The number of rotatable bonds is 3. The third kappa shape index (κ3) is 1.73. The molecule has 0 atom stereocenters. The summed E-state index contributed by atoms with van der Waals surface area (Å²) in [6.07, 6.45) is 3.39. The van der Waals surface area contributed by atoms with E-state index in [-0.39, 0.29) is 0 Å². The third-order valence-corrected chi connectivity index (χ3v) is 3.67. The van der Waals surface area contributed by atoms with E-state index in [0.717, 1.165) is 40.4 Å². The Morgan fingerprint density at radius 1 is 1.41 bits per heavy atom. The van der Waals surface area contributed by atoms with Crippen LogP contribution in [0.25, 0.3) is 11.0 Å². The van der Waals surface area contributed by atoms with Crippen molar-refractivity contribution in [1.82, 2.24) is 14.8 Å². The van der Waals surface area contributed by atoms with Crippen LogP contribution < -0.4 is 0 Å². The molecule has 3 rings (SSSR count). The van der Waals surface area contributed by atoms with Crippen LogP contribution in [0.5, 0.6) is 0 Å². The second-order valence-corrected chi connectivity index (χ2v) is 5.03. The number of aromatic nitrogens is 3. The zero-order valence-electron chi connectivity index (χ0n) is 10.2. The summed E-state index contributed by atoms with van der Waals surface area (Å²) in [6.45, 7) is 5.03. The Hall–Kier alpha value is -1.09. The van der Waals surface area contributed by atoms with Crippen LogP contribution in [0.1, 0.15) is 44.0 Å². The van der Waals surface area contributed by atoms with E-state index in [1.165, 1.54) is 12.8 Å². The van der Waals surface area contributed by atoms with Gasteiger partial charge in [-0.1, -0.05) is 18.5 Å². The molecule has 1 aliphatic carbocycles. The lowest BCUT2D eigenvalue weighted by Crippen LogP contribution is -1.99. The van der Waals surface area contributed by atoms with Gasteiger partial charge in [0.25, 0.3) is 0 Å². The molecule has 1 aliphatic rings. The first-order valence-electron chi connectivity index (χ1n) is 6.30. The van der Waals surface area contributed by atoms with Gasteiger partial charge in [-0.05, 0) is 32.3 Å². The summed E-state index contributed by atoms with van der Waals surface area (Å²) >= 11 is 6.39. The monoisotopic (exact) mass is 249 g/mol. The predicted octanol–water partition coefficient (Wildman–Crippen LogP) is 3.54. The lowest BCUT2D eigenvalue weighted by Gasteiger charge is -2.02. The van der Waals surface area contributed by atoms with E-state index in [9.17, 15) is 0 Å². The third-order valence-electron chi connectivity index (χ3n) is 3.38. The largest absolute Gasteiger partial charge is 0.247 e. The van der Waals surface area contributed by atoms with Crippen LogP contribution in [0, 0.1) is 0 Å². The molecule has 17 heavy (non-hydrogen) atoms. The van der Waals surface area contributed by atoms with E-state index in [1.54, 1.807) is 0 Å². The van der Waals surface area contributed by atoms with Gasteiger partial charge in [-0.2, -0.15) is 5.10 Å². The molecule has 0 bridgehead atoms. The van der Waals surface area contributed by atoms with Crippen LogP contribution in [0.15, 0.2) is 6.07 Å². The molecule has 4 heteroatoms. The second-order valence-electron chi connectivity index (χ2n) is 4.62. The van der Waals surface area contributed by atoms with Gasteiger partial charge in [0.1, 0.15) is 0 Å². The molecule has 0 unspecified atom stereocenters. The quantitative estimate of drug-likeness (QED) is 0.833. The number of halogens is 1. The first-order chi connectivity index (χ1) is 8.24. The minimum Gasteiger partial charge on any atom is -0.247 e. The van der Waals surface area contributed by atoms with Crippen molar-refractivity contribution in [3.05, 3.63) is 22.5 Å². The summed E-state index contributed by atoms with van der Waals surface area (Å²) in [5, 5.41) is 6.43. The van der Waals surface area contributed by atoms with E-state index in [4.69, 9.17) is 16.6 Å². The van der Waals surface area contributed by atoms with Gasteiger partial charge in [0.2, 0.25) is 0 Å². The number of fused-ring (bicyclic) bond motifs is 1. The molecule has 3 nitrogen and oxygen atoms in total. The molecule has 2 heterocycles. The van der Waals surface area contributed by atoms with Gasteiger partial charge in [0, 0.05) is 18.2 Å². The van der Waals surface area contributed by atoms with E-state index in [1.807, 2.05) is 10.7 Å². The number of nitrogens with zero attached hydrogens (tertiary/aromatic N) is 3. The molecule has 0 aromatic carbocycles. The SMILES string of the molecule is CCc1nn(CC)c2nc(C3CC3)cc(Cl)c12. The van der Waals surface area contributed by atoms with Crippen molar-refractivity contribution in [3.63, 3.8) is 0 Å². The maximum absolute atomic E-state index is 6.39. The van der Waals surface area contributed by atoms with Crippen LogP contribution in [-0.2, 0) is 13.0 Å². The molecule has 90 valence electrons. The van der Waals surface area contributed by atoms with Gasteiger partial charge >= 0.3 is 0 Å². The molecule has 0 radical (unpaired) electrons. The molecule has 0 spiro atoms. The molecule has 0 aliphatic heterocycles. The summed E-state index contributed by atoms with van der Waals surface area (Å²) in [6, 6.07) is 2.03. The molecule has 1 saturated carbocycles. The maximum Gasteiger partial charge on any atom is 0.159 e. The van der Waals surface area contributed by atoms with Crippen LogP contribution in [0.2, 0.25) is 5.02 Å². The van der Waals surface area contributed by atoms with Crippen molar-refractivity contribution in [2.24, 2.45) is 0 Å². The number of aryl methyl sites for hydroxylation is 2. The molecule has 0 N–H and O–H groups in total. The van der Waals surface area contributed by atoms with E-state index >= 15 is 0 Å². The second kappa shape index (κ2) is 3.98. The first-order valence-corrected chi connectivity index (χ1v) is 6.68. The summed E-state index contributed by atoms with van der Waals surface area (Å²) in [5.41, 5.74) is 3.15. The van der Waals surface area contributed by atoms with E-state index < -0.39 is 0 Å². The van der Waals surface area contributed by atoms with Crippen molar-refractivity contribution < 1.29 is 0 Å². The predicted molar refractivity (Wildman–Crippen MR) is 69.6 cm³/mol. The Bertz CT molecular complexity index is 570. The van der Waals surface area contributed by atoms with E-state index in [2.05, 4.69) is 18.9 Å². The molecule has 2 aromatic heterocycles. The van der Waals surface area contributed by atoms with Crippen LogP contribution in [-0.4, -0.2) is 14.8 Å². The van der Waals surface area contributed by atoms with E-state index in [0.29, 0.717) is 5.92 Å². The summed E-state index contributed by atoms with van der Waals surface area (Å²) in [7, 11) is 0. The fourth-order valence-electron chi connectivity index (χ4n) is 2.27. The molecular formula is C13H16ClN3. The number of hydrogen-bond donors (Lipinski definition) is 0. The van der Waals surface area contributed by atoms with Crippen LogP contribution in [0.3, 0.4) is 0 Å². The zero-order valence-corrected chi connectivity index (χ0v) is 11.0. The van der Waals surface area contributed by atoms with Crippen molar-refractivity contribution in [3.8, 4) is 0 Å². The average molecular weight is 250 g/mol. The normalized spacial score (nSPS) is 15.7. The van der Waals surface area contributed by atoms with Crippen molar-refractivity contribution >= 4 is 22.6 Å². The highest BCUT2D eigenvalue weighted by molar-refractivity contribution is 6.35. The minimum atomic E-state index is 0.627. The van der Waals surface area contributed by atoms with Gasteiger partial charge < -0.3 is 0 Å². The maximum atomic E-state index is 6.39. The smallest absolute Gasteiger partial charge is 0.159 e. The average Bonchev–Trinajstić information content (AvgIpc) is 3.10. The minimum absolute atomic E-state index is 0.627. The Labute approximate surface area is 106 Å². The highest BCUT2D eigenvalue weighted by Crippen LogP contribution is 2.41. The van der Waals surface area contributed by atoms with Crippen molar-refractivity contribution in [1.29, 1.82) is 0 Å². The summed E-state index contributed by atoms with van der Waals surface area (Å²) < 4.78 is 1.96. The topological polar surface area (TPSA) is 30.7 Å². The van der Waals surface area contributed by atoms with Gasteiger partial charge in [0.05, 0.1) is 16.1 Å². The van der Waals surface area contributed by atoms with Gasteiger partial charge in [-0.25, -0.2) is 9.67 Å². The molecule has 1 fully saturated rings. The first kappa shape index (κ1) is 11.0. The fourth-order valence-corrected chi connectivity index (χ4v) is 2.58. The van der Waals surface area contributed by atoms with Crippen molar-refractivity contribution in [2.45, 2.75) is 45.6 Å². The van der Waals surface area contributed by atoms with Crippen LogP contribution >= 0.6 is 11.6 Å². The summed E-state index contributed by atoms with van der Waals surface area (Å²) in [5.74, 6) is 0.627. The Balaban J connectivity index is 2.28. The molecule has 0 saturated heterocycles. The van der Waals surface area contributed by atoms with Gasteiger partial charge in [-0.3, -0.25) is 0 Å². The fraction of sp³-hybridized carbons (Fsp3) is 0.538. The number of pyridine rings is 1. The molecule has 2 aromatic rings. The Kier molecular flexibility index (Phi) is 2.58. The Morgan fingerprint density at radius 3 is 2.76 bits per heavy atom. The van der Waals surface area contributed by atoms with Crippen LogP contribution in [0.4, 0.5) is 0 Å². The lowest BCUT2D eigenvalue weighted by molar-refractivity contribution is 0.662. The highest BCUT2D eigenvalue weighted by Gasteiger charge is 2.27. The molecular weight excluding hydrogens is 234 g/mol. The highest BCUT2D eigenvalue weighted by atomic mass is 35.5. The standard InChI is InChI=1S/C13H16ClN3/c1-3-10-12-9(14)7-11(8-5-6-8)15-13(12)17(4-2)16-10/h7-8H,3-6H2,1-2H3. The zero-order chi connectivity index (χ0) is 12.0. The molecule has 0 amide bonds. The van der Waals surface area contributed by atoms with Gasteiger partial charge in [0.15, 0.2) is 5.65 Å². The lowest BCUT2D eigenvalue weighted by atomic mass is 10.2. The Morgan fingerprint density at radius 2 is 2.18 bits per heavy atom. The van der Waals surface area contributed by atoms with Crippen molar-refractivity contribution in [2.75, 3.05) is 0 Å². The summed E-state index contributed by atoms with van der Waals surface area (Å²) in [4.78, 5) is 4.75. The number of hydrogen-bond acceptors (Lipinski definition) is 2. The van der Waals surface area contributed by atoms with Gasteiger partial charge in [-0.15, -0.1) is 0 Å².